The van der Waals surface area contributed by atoms with Gasteiger partial charge in [-0.15, -0.1) is 0 Å². The van der Waals surface area contributed by atoms with E-state index in [1.54, 1.807) is 0 Å². The fourth-order valence-corrected chi connectivity index (χ4v) is 1.39. The van der Waals surface area contributed by atoms with Gasteiger partial charge in [0, 0.05) is 10.8 Å². The molecule has 0 aliphatic heterocycles. The summed E-state index contributed by atoms with van der Waals surface area (Å²) in [6.45, 7) is 0. The summed E-state index contributed by atoms with van der Waals surface area (Å²) in [5.74, 6) is 0. The van der Waals surface area contributed by atoms with Crippen LogP contribution in [0.15, 0.2) is 23.6 Å². The zero-order chi connectivity index (χ0) is 6.10. The van der Waals surface area contributed by atoms with E-state index < -0.39 is 0 Å². The Morgan fingerprint density at radius 2 is 2.56 bits per heavy atom. The summed E-state index contributed by atoms with van der Waals surface area (Å²) < 4.78 is 4.13. The highest BCUT2D eigenvalue weighted by Crippen LogP contribution is 2.12. The van der Waals surface area contributed by atoms with E-state index in [-0.39, 0.29) is 0 Å². The van der Waals surface area contributed by atoms with Crippen LogP contribution >= 0.6 is 11.5 Å². The zero-order valence-electron chi connectivity index (χ0n) is 4.66. The lowest BCUT2D eigenvalue weighted by molar-refractivity contribution is 1.66. The second kappa shape index (κ2) is 1.81. The topological polar surface area (TPSA) is 12.9 Å². The predicted molar refractivity (Wildman–Crippen MR) is 38.5 cm³/mol. The Labute approximate surface area is 57.1 Å². The predicted octanol–water partition coefficient (Wildman–Crippen LogP) is 2.10. The van der Waals surface area contributed by atoms with Gasteiger partial charge in [-0.05, 0) is 23.7 Å². The van der Waals surface area contributed by atoms with Crippen LogP contribution in [0.5, 0.6) is 0 Å². The third-order valence-electron chi connectivity index (χ3n) is 1.21. The molecule has 1 heterocycles. The number of rotatable bonds is 0. The van der Waals surface area contributed by atoms with Crippen molar-refractivity contribution in [1.29, 1.82) is 0 Å². The Kier molecular flexibility index (Phi) is 0.993. The van der Waals surface area contributed by atoms with Crippen molar-refractivity contribution in [3.8, 4) is 0 Å². The summed E-state index contributed by atoms with van der Waals surface area (Å²) in [7, 11) is 0. The van der Waals surface area contributed by atoms with Gasteiger partial charge in [-0.2, -0.15) is 4.37 Å². The van der Waals surface area contributed by atoms with Crippen LogP contribution in [-0.4, -0.2) is 4.37 Å². The van der Waals surface area contributed by atoms with Crippen LogP contribution in [0, 0.1) is 6.07 Å². The number of aromatic nitrogens is 1. The van der Waals surface area contributed by atoms with Crippen LogP contribution < -0.4 is 0 Å². The van der Waals surface area contributed by atoms with Gasteiger partial charge in [-0.3, -0.25) is 0 Å². The van der Waals surface area contributed by atoms with Crippen LogP contribution in [-0.2, 0) is 0 Å². The van der Waals surface area contributed by atoms with Gasteiger partial charge in [0.25, 0.3) is 0 Å². The highest BCUT2D eigenvalue weighted by molar-refractivity contribution is 7.04. The molecular weight excluding hydrogens is 130 g/mol. The molecule has 9 heavy (non-hydrogen) atoms. The molecule has 0 aliphatic rings. The van der Waals surface area contributed by atoms with Gasteiger partial charge in [0.2, 0.25) is 0 Å². The van der Waals surface area contributed by atoms with Crippen LogP contribution in [0.1, 0.15) is 0 Å². The first-order valence-electron chi connectivity index (χ1n) is 2.67. The third-order valence-corrected chi connectivity index (χ3v) is 1.87. The van der Waals surface area contributed by atoms with Gasteiger partial charge in [-0.1, -0.05) is 12.1 Å². The molecule has 1 aromatic heterocycles. The lowest BCUT2D eigenvalue weighted by Crippen LogP contribution is -1.62. The quantitative estimate of drug-likeness (QED) is 0.537. The normalized spacial score (nSPS) is 10.2. The molecule has 1 nitrogen and oxygen atoms in total. The van der Waals surface area contributed by atoms with E-state index in [1.807, 2.05) is 23.6 Å². The van der Waals surface area contributed by atoms with Gasteiger partial charge >= 0.3 is 0 Å². The highest BCUT2D eigenvalue weighted by atomic mass is 32.1. The van der Waals surface area contributed by atoms with Crippen molar-refractivity contribution in [3.63, 3.8) is 0 Å². The summed E-state index contributed by atoms with van der Waals surface area (Å²) in [6.07, 6.45) is 0. The maximum atomic E-state index is 4.13. The molecule has 2 rings (SSSR count). The number of benzene rings is 1. The van der Waals surface area contributed by atoms with Gasteiger partial charge in [-0.25, -0.2) is 0 Å². The monoisotopic (exact) mass is 134 g/mol. The van der Waals surface area contributed by atoms with Gasteiger partial charge in [0.05, 0.1) is 5.52 Å². The average Bonchev–Trinajstić information content (AvgIpc) is 2.33. The molecule has 2 aromatic rings. The van der Waals surface area contributed by atoms with Crippen molar-refractivity contribution in [2.24, 2.45) is 0 Å². The maximum absolute atomic E-state index is 4.13. The lowest BCUT2D eigenvalue weighted by atomic mass is 10.3. The molecule has 43 valence electrons. The molecule has 1 radical (unpaired) electrons. The minimum Gasteiger partial charge on any atom is -0.193 e. The zero-order valence-corrected chi connectivity index (χ0v) is 5.48. The fourth-order valence-electron chi connectivity index (χ4n) is 0.752. The van der Waals surface area contributed by atoms with Crippen LogP contribution in [0.4, 0.5) is 0 Å². The van der Waals surface area contributed by atoms with E-state index in [0.717, 1.165) is 5.52 Å². The molecule has 2 heteroatoms. The molecule has 0 amide bonds. The van der Waals surface area contributed by atoms with Gasteiger partial charge in [0.1, 0.15) is 0 Å². The van der Waals surface area contributed by atoms with E-state index in [9.17, 15) is 0 Å². The first-order valence-corrected chi connectivity index (χ1v) is 3.51. The number of nitrogens with zero attached hydrogens (tertiary/aromatic N) is 1. The average molecular weight is 134 g/mol. The van der Waals surface area contributed by atoms with Gasteiger partial charge < -0.3 is 0 Å². The Morgan fingerprint density at radius 3 is 3.44 bits per heavy atom. The van der Waals surface area contributed by atoms with Gasteiger partial charge in [0.15, 0.2) is 0 Å². The van der Waals surface area contributed by atoms with Crippen molar-refractivity contribution in [3.05, 3.63) is 29.6 Å². The van der Waals surface area contributed by atoms with Crippen LogP contribution in [0.2, 0.25) is 0 Å². The molecule has 0 spiro atoms. The minimum atomic E-state index is 1.04. The van der Waals surface area contributed by atoms with Crippen molar-refractivity contribution < 1.29 is 0 Å². The molecule has 0 saturated carbocycles. The van der Waals surface area contributed by atoms with E-state index in [4.69, 9.17) is 0 Å². The van der Waals surface area contributed by atoms with E-state index in [2.05, 4.69) is 10.4 Å². The minimum absolute atomic E-state index is 1.04. The van der Waals surface area contributed by atoms with E-state index in [1.165, 1.54) is 16.9 Å². The molecule has 0 unspecified atom stereocenters. The Hall–Kier alpha value is -0.890. The maximum Gasteiger partial charge on any atom is 0.0846 e. The number of fused-ring (bicyclic) bond motifs is 1. The Balaban J connectivity index is 2.95. The number of hydrogen-bond donors (Lipinski definition) is 0. The van der Waals surface area contributed by atoms with Crippen molar-refractivity contribution in [2.75, 3.05) is 0 Å². The van der Waals surface area contributed by atoms with E-state index >= 15 is 0 Å². The van der Waals surface area contributed by atoms with Crippen molar-refractivity contribution in [1.82, 2.24) is 4.37 Å². The molecule has 0 N–H and O–H groups in total. The molecule has 0 saturated heterocycles. The smallest absolute Gasteiger partial charge is 0.0846 e. The van der Waals surface area contributed by atoms with Crippen molar-refractivity contribution >= 4 is 22.4 Å². The molecule has 0 fully saturated rings. The summed E-state index contributed by atoms with van der Waals surface area (Å²) >= 11 is 1.48. The third kappa shape index (κ3) is 0.715. The second-order valence-electron chi connectivity index (χ2n) is 1.80. The fraction of sp³-hybridized carbons (Fsp3) is 0. The Bertz CT molecular complexity index is 283. The standard InChI is InChI=1S/C7H4NS/c1-2-4-7-6(3-1)5-9-8-7/h1,3-5H. The van der Waals surface area contributed by atoms with Crippen LogP contribution in [0.3, 0.4) is 0 Å². The van der Waals surface area contributed by atoms with Crippen LogP contribution in [0.25, 0.3) is 10.9 Å². The molecular formula is C7H4NS. The largest absolute Gasteiger partial charge is 0.193 e. The van der Waals surface area contributed by atoms with Crippen molar-refractivity contribution in [2.45, 2.75) is 0 Å². The second-order valence-corrected chi connectivity index (χ2v) is 2.43. The first-order chi connectivity index (χ1) is 4.47. The van der Waals surface area contributed by atoms with E-state index in [0.29, 0.717) is 0 Å². The lowest BCUT2D eigenvalue weighted by Gasteiger charge is -1.79. The number of hydrogen-bond acceptors (Lipinski definition) is 2. The Morgan fingerprint density at radius 1 is 1.56 bits per heavy atom. The highest BCUT2D eigenvalue weighted by Gasteiger charge is 1.89. The summed E-state index contributed by atoms with van der Waals surface area (Å²) in [6, 6.07) is 8.77. The molecule has 0 bridgehead atoms. The summed E-state index contributed by atoms with van der Waals surface area (Å²) in [5.41, 5.74) is 1.04. The first kappa shape index (κ1) is 4.94. The molecule has 1 aromatic carbocycles. The summed E-state index contributed by atoms with van der Waals surface area (Å²) in [5, 5.41) is 3.24. The molecule has 0 atom stereocenters. The molecule has 0 aliphatic carbocycles. The summed E-state index contributed by atoms with van der Waals surface area (Å²) in [4.78, 5) is 0. The SMILES string of the molecule is [c]1ccc2csnc2c1.